The monoisotopic (exact) mass is 209 g/mol. The average Bonchev–Trinajstić information content (AvgIpc) is 2.49. The van der Waals surface area contributed by atoms with E-state index in [4.69, 9.17) is 4.42 Å². The third-order valence-electron chi connectivity index (χ3n) is 2.51. The summed E-state index contributed by atoms with van der Waals surface area (Å²) in [5.41, 5.74) is 0.395. The first kappa shape index (κ1) is 12.3. The Hall–Kier alpha value is -0.760. The summed E-state index contributed by atoms with van der Waals surface area (Å²) in [5.74, 6) is 2.01. The van der Waals surface area contributed by atoms with Crippen LogP contribution < -0.4 is 5.32 Å². The minimum absolute atomic E-state index is 0.307. The largest absolute Gasteiger partial charge is 0.465 e. The molecule has 1 rings (SSSR count). The highest BCUT2D eigenvalue weighted by molar-refractivity contribution is 5.08. The third kappa shape index (κ3) is 4.52. The molecule has 0 saturated heterocycles. The summed E-state index contributed by atoms with van der Waals surface area (Å²) in [6.07, 6.45) is 1.18. The average molecular weight is 209 g/mol. The van der Waals surface area contributed by atoms with Crippen molar-refractivity contribution in [3.63, 3.8) is 0 Å². The summed E-state index contributed by atoms with van der Waals surface area (Å²) in [7, 11) is 0. The van der Waals surface area contributed by atoms with Crippen LogP contribution >= 0.6 is 0 Å². The van der Waals surface area contributed by atoms with Gasteiger partial charge in [0.2, 0.25) is 0 Å². The van der Waals surface area contributed by atoms with Crippen molar-refractivity contribution in [1.29, 1.82) is 0 Å². The van der Waals surface area contributed by atoms with Gasteiger partial charge in [-0.3, -0.25) is 0 Å². The van der Waals surface area contributed by atoms with Crippen LogP contribution in [0.4, 0.5) is 0 Å². The summed E-state index contributed by atoms with van der Waals surface area (Å²) >= 11 is 0. The van der Waals surface area contributed by atoms with E-state index in [-0.39, 0.29) is 0 Å². The Kier molecular flexibility index (Phi) is 3.97. The van der Waals surface area contributed by atoms with E-state index < -0.39 is 0 Å². The Morgan fingerprint density at radius 1 is 1.33 bits per heavy atom. The molecule has 1 N–H and O–H groups in total. The predicted octanol–water partition coefficient (Wildman–Crippen LogP) is 3.67. The summed E-state index contributed by atoms with van der Waals surface area (Å²) < 4.78 is 5.57. The van der Waals surface area contributed by atoms with Crippen LogP contribution in [0.3, 0.4) is 0 Å². The Morgan fingerprint density at radius 2 is 2.00 bits per heavy atom. The molecule has 0 radical (unpaired) electrons. The van der Waals surface area contributed by atoms with Crippen molar-refractivity contribution < 1.29 is 4.42 Å². The number of rotatable bonds is 4. The lowest BCUT2D eigenvalue weighted by Crippen LogP contribution is -2.23. The fraction of sp³-hybridized carbons (Fsp3) is 0.692. The van der Waals surface area contributed by atoms with Gasteiger partial charge in [0, 0.05) is 0 Å². The molecule has 0 aliphatic heterocycles. The van der Waals surface area contributed by atoms with Gasteiger partial charge >= 0.3 is 0 Å². The van der Waals surface area contributed by atoms with Crippen molar-refractivity contribution in [2.45, 2.75) is 47.1 Å². The highest BCUT2D eigenvalue weighted by Crippen LogP contribution is 2.19. The first-order chi connectivity index (χ1) is 6.88. The zero-order valence-corrected chi connectivity index (χ0v) is 10.6. The zero-order valence-electron chi connectivity index (χ0n) is 10.6. The van der Waals surface area contributed by atoms with Crippen molar-refractivity contribution in [3.8, 4) is 0 Å². The van der Waals surface area contributed by atoms with Gasteiger partial charge < -0.3 is 9.73 Å². The smallest absolute Gasteiger partial charge is 0.120 e. The van der Waals surface area contributed by atoms with Crippen molar-refractivity contribution >= 4 is 0 Å². The maximum absolute atomic E-state index is 5.57. The van der Waals surface area contributed by atoms with Crippen LogP contribution in [0.5, 0.6) is 0 Å². The van der Waals surface area contributed by atoms with Gasteiger partial charge in [-0.15, -0.1) is 0 Å². The van der Waals surface area contributed by atoms with Crippen molar-refractivity contribution in [1.82, 2.24) is 5.32 Å². The molecule has 0 amide bonds. The Balaban J connectivity index is 2.34. The maximum atomic E-state index is 5.57. The van der Waals surface area contributed by atoms with Crippen LogP contribution in [-0.4, -0.2) is 6.54 Å². The zero-order chi connectivity index (χ0) is 11.5. The van der Waals surface area contributed by atoms with Crippen LogP contribution in [0.2, 0.25) is 0 Å². The molecule has 2 nitrogen and oxygen atoms in total. The Morgan fingerprint density at radius 3 is 2.47 bits per heavy atom. The van der Waals surface area contributed by atoms with Crippen molar-refractivity contribution in [2.24, 2.45) is 5.41 Å². The summed E-state index contributed by atoms with van der Waals surface area (Å²) in [6, 6.07) is 4.36. The summed E-state index contributed by atoms with van der Waals surface area (Å²) in [4.78, 5) is 0. The molecule has 1 heterocycles. The molecule has 1 unspecified atom stereocenters. The normalized spacial score (nSPS) is 14.2. The summed E-state index contributed by atoms with van der Waals surface area (Å²) in [5, 5.41) is 3.48. The van der Waals surface area contributed by atoms with E-state index in [1.165, 1.54) is 6.42 Å². The highest BCUT2D eigenvalue weighted by atomic mass is 16.3. The number of hydrogen-bond acceptors (Lipinski definition) is 2. The van der Waals surface area contributed by atoms with Gasteiger partial charge in [-0.1, -0.05) is 20.8 Å². The molecule has 0 bridgehead atoms. The molecule has 0 spiro atoms. The molecular weight excluding hydrogens is 186 g/mol. The van der Waals surface area contributed by atoms with Crippen LogP contribution in [0.15, 0.2) is 16.5 Å². The summed E-state index contributed by atoms with van der Waals surface area (Å²) in [6.45, 7) is 11.9. The topological polar surface area (TPSA) is 25.2 Å². The maximum Gasteiger partial charge on any atom is 0.120 e. The number of hydrogen-bond donors (Lipinski definition) is 1. The second kappa shape index (κ2) is 4.84. The van der Waals surface area contributed by atoms with E-state index >= 15 is 0 Å². The van der Waals surface area contributed by atoms with Gasteiger partial charge in [-0.2, -0.15) is 0 Å². The van der Waals surface area contributed by atoms with E-state index in [0.717, 1.165) is 18.1 Å². The fourth-order valence-electron chi connectivity index (χ4n) is 1.45. The van der Waals surface area contributed by atoms with Gasteiger partial charge in [0.25, 0.3) is 0 Å². The lowest BCUT2D eigenvalue weighted by Gasteiger charge is -2.19. The molecule has 1 aromatic rings. The van der Waals surface area contributed by atoms with Crippen LogP contribution in [0, 0.1) is 12.3 Å². The highest BCUT2D eigenvalue weighted by Gasteiger charge is 2.12. The standard InChI is InChI=1S/C13H23NO/c1-10-6-7-12(15-10)11(2)14-9-8-13(3,4)5/h6-7,11,14H,8-9H2,1-5H3. The van der Waals surface area contributed by atoms with Crippen LogP contribution in [0.1, 0.15) is 51.7 Å². The van der Waals surface area contributed by atoms with Gasteiger partial charge in [-0.05, 0) is 44.4 Å². The first-order valence-corrected chi connectivity index (χ1v) is 5.68. The second-order valence-corrected chi connectivity index (χ2v) is 5.43. The van der Waals surface area contributed by atoms with E-state index in [9.17, 15) is 0 Å². The molecule has 0 aromatic carbocycles. The molecule has 0 aliphatic rings. The quantitative estimate of drug-likeness (QED) is 0.818. The SMILES string of the molecule is Cc1ccc(C(C)NCCC(C)(C)C)o1. The molecule has 15 heavy (non-hydrogen) atoms. The number of nitrogens with one attached hydrogen (secondary N) is 1. The Labute approximate surface area is 93.1 Å². The van der Waals surface area contributed by atoms with Crippen LogP contribution in [-0.2, 0) is 0 Å². The van der Waals surface area contributed by atoms with Crippen LogP contribution in [0.25, 0.3) is 0 Å². The number of furan rings is 1. The van der Waals surface area contributed by atoms with E-state index in [0.29, 0.717) is 11.5 Å². The molecule has 0 saturated carbocycles. The van der Waals surface area contributed by atoms with E-state index in [1.54, 1.807) is 0 Å². The van der Waals surface area contributed by atoms with Crippen molar-refractivity contribution in [3.05, 3.63) is 23.7 Å². The minimum Gasteiger partial charge on any atom is -0.465 e. The molecular formula is C13H23NO. The third-order valence-corrected chi connectivity index (χ3v) is 2.51. The molecule has 0 aliphatic carbocycles. The molecule has 2 heteroatoms. The van der Waals surface area contributed by atoms with Gasteiger partial charge in [0.05, 0.1) is 6.04 Å². The lowest BCUT2D eigenvalue weighted by atomic mass is 9.92. The van der Waals surface area contributed by atoms with Crippen molar-refractivity contribution in [2.75, 3.05) is 6.54 Å². The molecule has 1 aromatic heterocycles. The number of aryl methyl sites for hydroxylation is 1. The van der Waals surface area contributed by atoms with Gasteiger partial charge in [0.1, 0.15) is 11.5 Å². The lowest BCUT2D eigenvalue weighted by molar-refractivity contribution is 0.344. The first-order valence-electron chi connectivity index (χ1n) is 5.68. The molecule has 86 valence electrons. The fourth-order valence-corrected chi connectivity index (χ4v) is 1.45. The van der Waals surface area contributed by atoms with E-state index in [2.05, 4.69) is 33.0 Å². The molecule has 1 atom stereocenters. The van der Waals surface area contributed by atoms with Gasteiger partial charge in [-0.25, -0.2) is 0 Å². The molecule has 0 fully saturated rings. The van der Waals surface area contributed by atoms with E-state index in [1.807, 2.05) is 19.1 Å². The predicted molar refractivity (Wildman–Crippen MR) is 63.9 cm³/mol. The Bertz CT molecular complexity index is 296. The minimum atomic E-state index is 0.307. The van der Waals surface area contributed by atoms with Gasteiger partial charge in [0.15, 0.2) is 0 Å². The second-order valence-electron chi connectivity index (χ2n) is 5.43.